The Morgan fingerprint density at radius 1 is 1.24 bits per heavy atom. The van der Waals surface area contributed by atoms with Crippen molar-refractivity contribution in [2.45, 2.75) is 40.7 Å². The molecule has 2 heterocycles. The van der Waals surface area contributed by atoms with E-state index in [0.717, 1.165) is 42.3 Å². The monoisotopic (exact) mass is 288 g/mol. The van der Waals surface area contributed by atoms with Gasteiger partial charge in [0.2, 0.25) is 5.88 Å². The van der Waals surface area contributed by atoms with Gasteiger partial charge in [-0.05, 0) is 38.4 Å². The lowest BCUT2D eigenvalue weighted by molar-refractivity contribution is 0.452. The molecule has 0 spiro atoms. The molecule has 0 aliphatic heterocycles. The Bertz CT molecular complexity index is 619. The Morgan fingerprint density at radius 2 is 2.00 bits per heavy atom. The van der Waals surface area contributed by atoms with Gasteiger partial charge in [0.15, 0.2) is 5.75 Å². The maximum Gasteiger partial charge on any atom is 0.219 e. The minimum Gasteiger partial charge on any atom is -0.435 e. The van der Waals surface area contributed by atoms with E-state index in [1.54, 1.807) is 0 Å². The van der Waals surface area contributed by atoms with E-state index in [0.29, 0.717) is 5.88 Å². The van der Waals surface area contributed by atoms with Crippen LogP contribution in [0.1, 0.15) is 36.5 Å². The van der Waals surface area contributed by atoms with Gasteiger partial charge in [-0.2, -0.15) is 5.10 Å². The fourth-order valence-electron chi connectivity index (χ4n) is 2.23. The standard InChI is InChI=1S/C16H24N4O/c1-6-14-8-13(10-17-7-2)9-15(18-14)21-16-11(3)19-20(5)12(16)4/h8-9,17H,6-7,10H2,1-5H3. The summed E-state index contributed by atoms with van der Waals surface area (Å²) >= 11 is 0. The summed E-state index contributed by atoms with van der Waals surface area (Å²) in [6.07, 6.45) is 0.890. The van der Waals surface area contributed by atoms with Crippen LogP contribution in [0.15, 0.2) is 12.1 Å². The van der Waals surface area contributed by atoms with Crippen molar-refractivity contribution in [1.82, 2.24) is 20.1 Å². The Labute approximate surface area is 126 Å². The minimum absolute atomic E-state index is 0.640. The van der Waals surface area contributed by atoms with E-state index in [2.05, 4.69) is 35.3 Å². The molecule has 2 aromatic heterocycles. The van der Waals surface area contributed by atoms with Gasteiger partial charge in [0.1, 0.15) is 5.69 Å². The molecule has 0 aromatic carbocycles. The molecule has 0 atom stereocenters. The first kappa shape index (κ1) is 15.5. The Hall–Kier alpha value is -1.88. The van der Waals surface area contributed by atoms with Crippen LogP contribution in [0.4, 0.5) is 0 Å². The third-order valence-electron chi connectivity index (χ3n) is 3.51. The van der Waals surface area contributed by atoms with Crippen LogP contribution in [0.3, 0.4) is 0 Å². The number of hydrogen-bond donors (Lipinski definition) is 1. The van der Waals surface area contributed by atoms with Crippen LogP contribution >= 0.6 is 0 Å². The van der Waals surface area contributed by atoms with Gasteiger partial charge < -0.3 is 10.1 Å². The smallest absolute Gasteiger partial charge is 0.219 e. The first-order valence-corrected chi connectivity index (χ1v) is 7.43. The van der Waals surface area contributed by atoms with Gasteiger partial charge in [-0.15, -0.1) is 0 Å². The van der Waals surface area contributed by atoms with Crippen LogP contribution < -0.4 is 10.1 Å². The van der Waals surface area contributed by atoms with Crippen molar-refractivity contribution in [2.75, 3.05) is 6.54 Å². The molecule has 0 aliphatic carbocycles. The molecule has 0 unspecified atom stereocenters. The molecule has 2 aromatic rings. The van der Waals surface area contributed by atoms with Crippen LogP contribution in [0.2, 0.25) is 0 Å². The largest absolute Gasteiger partial charge is 0.435 e. The van der Waals surface area contributed by atoms with Crippen LogP contribution in [0, 0.1) is 13.8 Å². The van der Waals surface area contributed by atoms with E-state index in [-0.39, 0.29) is 0 Å². The van der Waals surface area contributed by atoms with Gasteiger partial charge >= 0.3 is 0 Å². The van der Waals surface area contributed by atoms with Crippen molar-refractivity contribution in [2.24, 2.45) is 7.05 Å². The summed E-state index contributed by atoms with van der Waals surface area (Å²) in [4.78, 5) is 4.56. The fourth-order valence-corrected chi connectivity index (χ4v) is 2.23. The molecule has 21 heavy (non-hydrogen) atoms. The zero-order chi connectivity index (χ0) is 15.4. The van der Waals surface area contributed by atoms with Crippen LogP contribution in [-0.4, -0.2) is 21.3 Å². The molecule has 5 nitrogen and oxygen atoms in total. The molecule has 0 saturated carbocycles. The summed E-state index contributed by atoms with van der Waals surface area (Å²) in [5.74, 6) is 1.44. The van der Waals surface area contributed by atoms with E-state index in [1.165, 1.54) is 5.56 Å². The third kappa shape index (κ3) is 3.61. The molecule has 0 saturated heterocycles. The number of rotatable bonds is 6. The summed E-state index contributed by atoms with van der Waals surface area (Å²) in [7, 11) is 1.92. The SMILES string of the molecule is CCNCc1cc(CC)nc(Oc2c(C)nn(C)c2C)c1. The third-order valence-corrected chi connectivity index (χ3v) is 3.51. The average Bonchev–Trinajstić information content (AvgIpc) is 2.71. The number of nitrogens with one attached hydrogen (secondary N) is 1. The highest BCUT2D eigenvalue weighted by Gasteiger charge is 2.13. The molecule has 0 radical (unpaired) electrons. The molecule has 0 fully saturated rings. The molecule has 2 rings (SSSR count). The Kier molecular flexibility index (Phi) is 4.96. The molecule has 0 aliphatic rings. The molecular formula is C16H24N4O. The normalized spacial score (nSPS) is 10.9. The molecule has 5 heteroatoms. The lowest BCUT2D eigenvalue weighted by Gasteiger charge is -2.10. The summed E-state index contributed by atoms with van der Waals surface area (Å²) in [6.45, 7) is 9.92. The van der Waals surface area contributed by atoms with Crippen molar-refractivity contribution >= 4 is 0 Å². The topological polar surface area (TPSA) is 52.0 Å². The lowest BCUT2D eigenvalue weighted by Crippen LogP contribution is -2.12. The number of hydrogen-bond acceptors (Lipinski definition) is 4. The van der Waals surface area contributed by atoms with E-state index >= 15 is 0 Å². The van der Waals surface area contributed by atoms with Crippen LogP contribution in [0.25, 0.3) is 0 Å². The maximum atomic E-state index is 6.00. The summed E-state index contributed by atoms with van der Waals surface area (Å²) in [5.41, 5.74) is 4.12. The number of aryl methyl sites for hydroxylation is 3. The maximum absolute atomic E-state index is 6.00. The first-order valence-electron chi connectivity index (χ1n) is 7.43. The lowest BCUT2D eigenvalue weighted by atomic mass is 10.2. The van der Waals surface area contributed by atoms with Crippen molar-refractivity contribution in [3.63, 3.8) is 0 Å². The molecule has 0 bridgehead atoms. The fraction of sp³-hybridized carbons (Fsp3) is 0.500. The number of aromatic nitrogens is 3. The zero-order valence-electron chi connectivity index (χ0n) is 13.5. The van der Waals surface area contributed by atoms with Gasteiger partial charge in [0, 0.05) is 25.4 Å². The number of pyridine rings is 1. The Morgan fingerprint density at radius 3 is 2.57 bits per heavy atom. The molecule has 1 N–H and O–H groups in total. The highest BCUT2D eigenvalue weighted by atomic mass is 16.5. The second kappa shape index (κ2) is 6.72. The minimum atomic E-state index is 0.640. The second-order valence-electron chi connectivity index (χ2n) is 5.16. The van der Waals surface area contributed by atoms with Gasteiger partial charge in [-0.3, -0.25) is 4.68 Å². The highest BCUT2D eigenvalue weighted by Crippen LogP contribution is 2.27. The predicted octanol–water partition coefficient (Wildman–Crippen LogP) is 2.90. The number of ether oxygens (including phenoxy) is 1. The van der Waals surface area contributed by atoms with Crippen LogP contribution in [-0.2, 0) is 20.0 Å². The van der Waals surface area contributed by atoms with Crippen molar-refractivity contribution < 1.29 is 4.74 Å². The summed E-state index contributed by atoms with van der Waals surface area (Å²) in [6, 6.07) is 4.12. The Balaban J connectivity index is 2.30. The zero-order valence-corrected chi connectivity index (χ0v) is 13.5. The molecule has 114 valence electrons. The van der Waals surface area contributed by atoms with Crippen molar-refractivity contribution in [1.29, 1.82) is 0 Å². The van der Waals surface area contributed by atoms with E-state index in [9.17, 15) is 0 Å². The molecule has 0 amide bonds. The predicted molar refractivity (Wildman–Crippen MR) is 83.8 cm³/mol. The van der Waals surface area contributed by atoms with E-state index in [4.69, 9.17) is 4.74 Å². The van der Waals surface area contributed by atoms with E-state index in [1.807, 2.05) is 31.6 Å². The quantitative estimate of drug-likeness (QED) is 0.888. The van der Waals surface area contributed by atoms with Gasteiger partial charge in [0.05, 0.1) is 5.69 Å². The second-order valence-corrected chi connectivity index (χ2v) is 5.16. The van der Waals surface area contributed by atoms with Gasteiger partial charge in [0.25, 0.3) is 0 Å². The summed E-state index contributed by atoms with van der Waals surface area (Å²) < 4.78 is 7.83. The van der Waals surface area contributed by atoms with Gasteiger partial charge in [-0.25, -0.2) is 4.98 Å². The van der Waals surface area contributed by atoms with Crippen molar-refractivity contribution in [3.05, 3.63) is 34.8 Å². The first-order chi connectivity index (χ1) is 10.0. The van der Waals surface area contributed by atoms with Crippen molar-refractivity contribution in [3.8, 4) is 11.6 Å². The van der Waals surface area contributed by atoms with Crippen LogP contribution in [0.5, 0.6) is 11.6 Å². The van der Waals surface area contributed by atoms with Gasteiger partial charge in [-0.1, -0.05) is 13.8 Å². The van der Waals surface area contributed by atoms with E-state index < -0.39 is 0 Å². The average molecular weight is 288 g/mol. The number of nitrogens with zero attached hydrogens (tertiary/aromatic N) is 3. The molecular weight excluding hydrogens is 264 g/mol. The summed E-state index contributed by atoms with van der Waals surface area (Å²) in [5, 5.41) is 7.71. The highest BCUT2D eigenvalue weighted by molar-refractivity contribution is 5.36.